The predicted octanol–water partition coefficient (Wildman–Crippen LogP) is 1.34. The monoisotopic (exact) mass is 263 g/mol. The average Bonchev–Trinajstić information content (AvgIpc) is 2.12. The number of rotatable bonds is 8. The molecule has 1 fully saturated rings. The van der Waals surface area contributed by atoms with Crippen molar-refractivity contribution in [2.45, 2.75) is 51.2 Å². The first-order chi connectivity index (χ1) is 7.90. The first-order valence-corrected chi connectivity index (χ1v) is 8.51. The maximum absolute atomic E-state index is 11.0. The van der Waals surface area contributed by atoms with Crippen LogP contribution in [0.15, 0.2) is 0 Å². The third-order valence-corrected chi connectivity index (χ3v) is 4.35. The first-order valence-electron chi connectivity index (χ1n) is 6.45. The molecule has 0 aromatic carbocycles. The van der Waals surface area contributed by atoms with Gasteiger partial charge in [0.15, 0.2) is 0 Å². The van der Waals surface area contributed by atoms with Crippen molar-refractivity contribution in [3.05, 3.63) is 0 Å². The maximum atomic E-state index is 11.0. The van der Waals surface area contributed by atoms with Gasteiger partial charge in [0.2, 0.25) is 0 Å². The van der Waals surface area contributed by atoms with E-state index in [1.165, 1.54) is 6.26 Å². The van der Waals surface area contributed by atoms with Gasteiger partial charge in [-0.05, 0) is 44.9 Å². The lowest BCUT2D eigenvalue weighted by Gasteiger charge is -2.36. The number of hydrogen-bond acceptors (Lipinski definition) is 4. The molecule has 1 saturated carbocycles. The zero-order valence-corrected chi connectivity index (χ0v) is 11.7. The Labute approximate surface area is 105 Å². The summed E-state index contributed by atoms with van der Waals surface area (Å²) in [6.45, 7) is 2.81. The van der Waals surface area contributed by atoms with Gasteiger partial charge in [-0.2, -0.15) is 0 Å². The Bertz CT molecular complexity index is 310. The molecule has 1 unspecified atom stereocenters. The number of ether oxygens (including phenoxy) is 1. The van der Waals surface area contributed by atoms with Crippen LogP contribution in [-0.2, 0) is 14.6 Å². The van der Waals surface area contributed by atoms with Gasteiger partial charge in [-0.25, -0.2) is 8.42 Å². The van der Waals surface area contributed by atoms with Crippen LogP contribution in [0.3, 0.4) is 0 Å². The Balaban J connectivity index is 2.05. The van der Waals surface area contributed by atoms with E-state index < -0.39 is 9.84 Å². The van der Waals surface area contributed by atoms with Crippen molar-refractivity contribution < 1.29 is 13.2 Å². The van der Waals surface area contributed by atoms with E-state index in [4.69, 9.17) is 10.5 Å². The third kappa shape index (κ3) is 6.38. The molecule has 1 atom stereocenters. The molecule has 4 nitrogen and oxygen atoms in total. The summed E-state index contributed by atoms with van der Waals surface area (Å²) in [7, 11) is -2.83. The fourth-order valence-electron chi connectivity index (χ4n) is 2.39. The van der Waals surface area contributed by atoms with E-state index in [0.717, 1.165) is 32.3 Å². The summed E-state index contributed by atoms with van der Waals surface area (Å²) in [6.07, 6.45) is 6.45. The summed E-state index contributed by atoms with van der Waals surface area (Å²) < 4.78 is 27.4. The lowest BCUT2D eigenvalue weighted by Crippen LogP contribution is -2.36. The van der Waals surface area contributed by atoms with Crippen molar-refractivity contribution in [1.29, 1.82) is 0 Å². The van der Waals surface area contributed by atoms with Gasteiger partial charge in [0.25, 0.3) is 0 Å². The maximum Gasteiger partial charge on any atom is 0.147 e. The Hall–Kier alpha value is -0.130. The molecule has 5 heteroatoms. The van der Waals surface area contributed by atoms with Gasteiger partial charge in [-0.1, -0.05) is 0 Å². The van der Waals surface area contributed by atoms with Gasteiger partial charge >= 0.3 is 0 Å². The molecule has 2 N–H and O–H groups in total. The van der Waals surface area contributed by atoms with E-state index in [0.29, 0.717) is 18.4 Å². The highest BCUT2D eigenvalue weighted by Crippen LogP contribution is 2.33. The summed E-state index contributed by atoms with van der Waals surface area (Å²) in [5.41, 5.74) is 6.00. The van der Waals surface area contributed by atoms with E-state index >= 15 is 0 Å². The minimum absolute atomic E-state index is 0.143. The molecular weight excluding hydrogens is 238 g/mol. The summed E-state index contributed by atoms with van der Waals surface area (Å²) in [4.78, 5) is 0. The zero-order valence-electron chi connectivity index (χ0n) is 10.9. The van der Waals surface area contributed by atoms with Crippen molar-refractivity contribution in [1.82, 2.24) is 0 Å². The predicted molar refractivity (Wildman–Crippen MR) is 69.7 cm³/mol. The standard InChI is InChI=1S/C12H25NO3S/c1-3-16-12-8-10(9-12)7-11(13)5-4-6-17(2,14)15/h10-12H,3-9,13H2,1-2H3. The van der Waals surface area contributed by atoms with Crippen LogP contribution in [-0.4, -0.2) is 39.2 Å². The molecule has 0 heterocycles. The second-order valence-corrected chi connectivity index (χ2v) is 7.44. The van der Waals surface area contributed by atoms with Crippen LogP contribution >= 0.6 is 0 Å². The second kappa shape index (κ2) is 6.71. The van der Waals surface area contributed by atoms with Crippen molar-refractivity contribution in [2.75, 3.05) is 18.6 Å². The topological polar surface area (TPSA) is 69.4 Å². The molecule has 0 aliphatic heterocycles. The smallest absolute Gasteiger partial charge is 0.147 e. The Morgan fingerprint density at radius 3 is 2.59 bits per heavy atom. The fraction of sp³-hybridized carbons (Fsp3) is 1.00. The highest BCUT2D eigenvalue weighted by atomic mass is 32.2. The molecule has 0 spiro atoms. The van der Waals surface area contributed by atoms with E-state index in [9.17, 15) is 8.42 Å². The Morgan fingerprint density at radius 2 is 2.06 bits per heavy atom. The molecule has 1 aliphatic carbocycles. The lowest BCUT2D eigenvalue weighted by atomic mass is 9.78. The van der Waals surface area contributed by atoms with Crippen molar-refractivity contribution in [2.24, 2.45) is 11.7 Å². The van der Waals surface area contributed by atoms with Crippen molar-refractivity contribution in [3.8, 4) is 0 Å². The number of sulfone groups is 1. The van der Waals surface area contributed by atoms with Crippen LogP contribution in [0.25, 0.3) is 0 Å². The van der Waals surface area contributed by atoms with Gasteiger partial charge in [0, 0.05) is 24.7 Å². The molecule has 0 aromatic rings. The van der Waals surface area contributed by atoms with E-state index in [1.54, 1.807) is 0 Å². The minimum atomic E-state index is -2.83. The molecule has 17 heavy (non-hydrogen) atoms. The SMILES string of the molecule is CCOC1CC(CC(N)CCCS(C)(=O)=O)C1. The van der Waals surface area contributed by atoms with Crippen LogP contribution < -0.4 is 5.73 Å². The van der Waals surface area contributed by atoms with Gasteiger partial charge in [0.05, 0.1) is 6.10 Å². The van der Waals surface area contributed by atoms with E-state index in [1.807, 2.05) is 6.92 Å². The number of hydrogen-bond donors (Lipinski definition) is 1. The summed E-state index contributed by atoms with van der Waals surface area (Å²) in [5.74, 6) is 0.937. The molecule has 0 amide bonds. The molecular formula is C12H25NO3S. The van der Waals surface area contributed by atoms with Crippen LogP contribution in [0.5, 0.6) is 0 Å². The van der Waals surface area contributed by atoms with Gasteiger partial charge < -0.3 is 10.5 Å². The highest BCUT2D eigenvalue weighted by Gasteiger charge is 2.30. The zero-order chi connectivity index (χ0) is 12.9. The first kappa shape index (κ1) is 14.9. The van der Waals surface area contributed by atoms with Crippen LogP contribution in [0.4, 0.5) is 0 Å². The fourth-order valence-corrected chi connectivity index (χ4v) is 3.08. The van der Waals surface area contributed by atoms with Crippen LogP contribution in [0, 0.1) is 5.92 Å². The average molecular weight is 263 g/mol. The Kier molecular flexibility index (Phi) is 5.89. The molecule has 102 valence electrons. The lowest BCUT2D eigenvalue weighted by molar-refractivity contribution is -0.0282. The highest BCUT2D eigenvalue weighted by molar-refractivity contribution is 7.90. The van der Waals surface area contributed by atoms with Gasteiger partial charge in [-0.3, -0.25) is 0 Å². The minimum Gasteiger partial charge on any atom is -0.378 e. The van der Waals surface area contributed by atoms with Crippen LogP contribution in [0.1, 0.15) is 39.0 Å². The molecule has 0 saturated heterocycles. The quantitative estimate of drug-likeness (QED) is 0.717. The normalized spacial score (nSPS) is 26.5. The third-order valence-electron chi connectivity index (χ3n) is 3.32. The summed E-state index contributed by atoms with van der Waals surface area (Å²) in [6, 6.07) is 0.143. The van der Waals surface area contributed by atoms with Crippen molar-refractivity contribution in [3.63, 3.8) is 0 Å². The molecule has 1 rings (SSSR count). The molecule has 1 aliphatic rings. The molecule has 0 bridgehead atoms. The largest absolute Gasteiger partial charge is 0.378 e. The second-order valence-electron chi connectivity index (χ2n) is 5.18. The Morgan fingerprint density at radius 1 is 1.41 bits per heavy atom. The van der Waals surface area contributed by atoms with Crippen molar-refractivity contribution >= 4 is 9.84 Å². The summed E-state index contributed by atoms with van der Waals surface area (Å²) in [5, 5.41) is 0. The van der Waals surface area contributed by atoms with Gasteiger partial charge in [-0.15, -0.1) is 0 Å². The van der Waals surface area contributed by atoms with E-state index in [-0.39, 0.29) is 11.8 Å². The van der Waals surface area contributed by atoms with E-state index in [2.05, 4.69) is 0 Å². The molecule has 0 aromatic heterocycles. The van der Waals surface area contributed by atoms with Crippen LogP contribution in [0.2, 0.25) is 0 Å². The van der Waals surface area contributed by atoms with Gasteiger partial charge in [0.1, 0.15) is 9.84 Å². The summed E-state index contributed by atoms with van der Waals surface area (Å²) >= 11 is 0. The number of nitrogens with two attached hydrogens (primary N) is 1. The molecule has 0 radical (unpaired) electrons.